The maximum atomic E-state index is 11.9. The number of hydrogen-bond donors (Lipinski definition) is 2. The summed E-state index contributed by atoms with van der Waals surface area (Å²) in [7, 11) is 0. The monoisotopic (exact) mass is 286 g/mol. The van der Waals surface area contributed by atoms with Gasteiger partial charge in [0.25, 0.3) is 0 Å². The van der Waals surface area contributed by atoms with Gasteiger partial charge in [0.05, 0.1) is 12.2 Å². The fourth-order valence-electron chi connectivity index (χ4n) is 2.19. The molecule has 1 aromatic rings. The summed E-state index contributed by atoms with van der Waals surface area (Å²) in [5, 5.41) is 20.6. The molecule has 19 heavy (non-hydrogen) atoms. The average Bonchev–Trinajstić information content (AvgIpc) is 2.86. The van der Waals surface area contributed by atoms with Crippen molar-refractivity contribution in [1.29, 1.82) is 0 Å². The highest BCUT2D eigenvalue weighted by Gasteiger charge is 2.31. The van der Waals surface area contributed by atoms with Gasteiger partial charge in [0.1, 0.15) is 0 Å². The predicted octanol–water partition coefficient (Wildman–Crippen LogP) is -0.438. The molecule has 2 heterocycles. The molecule has 106 valence electrons. The molecule has 0 aliphatic carbocycles. The number of nitrogens with zero attached hydrogens (tertiary/aromatic N) is 2. The molecule has 0 unspecified atom stereocenters. The lowest BCUT2D eigenvalue weighted by atomic mass is 10.2. The van der Waals surface area contributed by atoms with Crippen LogP contribution in [0.25, 0.3) is 0 Å². The second kappa shape index (κ2) is 5.85. The van der Waals surface area contributed by atoms with E-state index < -0.39 is 12.2 Å². The highest BCUT2D eigenvalue weighted by molar-refractivity contribution is 7.07. The van der Waals surface area contributed by atoms with Gasteiger partial charge in [-0.15, -0.1) is 0 Å². The third-order valence-corrected chi connectivity index (χ3v) is 4.24. The van der Waals surface area contributed by atoms with Gasteiger partial charge in [-0.1, -0.05) is 11.3 Å². The molecule has 0 bridgehead atoms. The van der Waals surface area contributed by atoms with Crippen LogP contribution in [0.2, 0.25) is 0 Å². The number of amides is 1. The van der Waals surface area contributed by atoms with E-state index in [1.165, 1.54) is 4.90 Å². The van der Waals surface area contributed by atoms with Crippen molar-refractivity contribution in [2.24, 2.45) is 0 Å². The number of carbonyl (C=O) groups is 1. The van der Waals surface area contributed by atoms with Gasteiger partial charge in [-0.3, -0.25) is 9.59 Å². The van der Waals surface area contributed by atoms with Gasteiger partial charge < -0.3 is 19.7 Å². The van der Waals surface area contributed by atoms with Crippen molar-refractivity contribution in [3.63, 3.8) is 0 Å². The number of hydrogen-bond acceptors (Lipinski definition) is 5. The zero-order chi connectivity index (χ0) is 14.0. The molecule has 1 amide bonds. The first-order valence-electron chi connectivity index (χ1n) is 6.28. The van der Waals surface area contributed by atoms with Gasteiger partial charge in [0, 0.05) is 37.1 Å². The lowest BCUT2D eigenvalue weighted by molar-refractivity contribution is -0.130. The second-order valence-electron chi connectivity index (χ2n) is 4.83. The topological polar surface area (TPSA) is 82.8 Å². The van der Waals surface area contributed by atoms with Crippen LogP contribution >= 0.6 is 11.3 Å². The number of rotatable bonds is 4. The first kappa shape index (κ1) is 14.2. The molecule has 2 atom stereocenters. The minimum Gasteiger partial charge on any atom is -0.388 e. The first-order valence-corrected chi connectivity index (χ1v) is 7.16. The van der Waals surface area contributed by atoms with Crippen molar-refractivity contribution >= 4 is 17.2 Å². The van der Waals surface area contributed by atoms with Crippen molar-refractivity contribution in [3.8, 4) is 0 Å². The molecule has 1 fully saturated rings. The molecule has 0 radical (unpaired) electrons. The molecular weight excluding hydrogens is 268 g/mol. The lowest BCUT2D eigenvalue weighted by Gasteiger charge is -2.15. The third-order valence-electron chi connectivity index (χ3n) is 3.36. The zero-order valence-electron chi connectivity index (χ0n) is 10.8. The highest BCUT2D eigenvalue weighted by Crippen LogP contribution is 2.12. The van der Waals surface area contributed by atoms with E-state index in [0.29, 0.717) is 19.4 Å². The minimum atomic E-state index is -0.842. The fourth-order valence-corrected chi connectivity index (χ4v) is 2.96. The molecule has 0 aromatic carbocycles. The van der Waals surface area contributed by atoms with Gasteiger partial charge in [-0.05, 0) is 13.3 Å². The van der Waals surface area contributed by atoms with Crippen LogP contribution in [0, 0.1) is 6.92 Å². The molecule has 1 aromatic heterocycles. The minimum absolute atomic E-state index is 0.00281. The molecule has 6 nitrogen and oxygen atoms in total. The summed E-state index contributed by atoms with van der Waals surface area (Å²) in [6.07, 6.45) is -0.781. The van der Waals surface area contributed by atoms with Crippen molar-refractivity contribution in [2.45, 2.75) is 38.5 Å². The summed E-state index contributed by atoms with van der Waals surface area (Å²) in [6.45, 7) is 2.78. The maximum absolute atomic E-state index is 11.9. The molecule has 0 spiro atoms. The van der Waals surface area contributed by atoms with Crippen molar-refractivity contribution in [3.05, 3.63) is 20.7 Å². The van der Waals surface area contributed by atoms with Crippen LogP contribution in [0.15, 0.2) is 10.2 Å². The molecule has 0 saturated carbocycles. The number of aryl methyl sites for hydroxylation is 1. The Morgan fingerprint density at radius 2 is 2.05 bits per heavy atom. The van der Waals surface area contributed by atoms with Gasteiger partial charge in [-0.2, -0.15) is 0 Å². The van der Waals surface area contributed by atoms with Crippen LogP contribution < -0.4 is 4.87 Å². The van der Waals surface area contributed by atoms with Crippen molar-refractivity contribution in [1.82, 2.24) is 9.47 Å². The van der Waals surface area contributed by atoms with Crippen LogP contribution in [0.4, 0.5) is 0 Å². The van der Waals surface area contributed by atoms with E-state index in [1.807, 2.05) is 6.92 Å². The van der Waals surface area contributed by atoms with E-state index in [4.69, 9.17) is 0 Å². The Kier molecular flexibility index (Phi) is 4.38. The third kappa shape index (κ3) is 3.23. The number of carbonyl (C=O) groups excluding carboxylic acids is 1. The Hall–Kier alpha value is -1.18. The molecule has 1 saturated heterocycles. The van der Waals surface area contributed by atoms with Gasteiger partial charge in [0.15, 0.2) is 0 Å². The van der Waals surface area contributed by atoms with Gasteiger partial charge in [-0.25, -0.2) is 0 Å². The van der Waals surface area contributed by atoms with E-state index in [9.17, 15) is 19.8 Å². The Morgan fingerprint density at radius 3 is 2.58 bits per heavy atom. The van der Waals surface area contributed by atoms with E-state index >= 15 is 0 Å². The quantitative estimate of drug-likeness (QED) is 0.786. The largest absolute Gasteiger partial charge is 0.388 e. The van der Waals surface area contributed by atoms with Crippen LogP contribution in [-0.2, 0) is 11.3 Å². The number of likely N-dealkylation sites (tertiary alicyclic amines) is 1. The SMILES string of the molecule is Cc1csc(=O)n1CCCC(=O)N1C[C@@H](O)[C@@H](O)C1. The molecule has 7 heteroatoms. The average molecular weight is 286 g/mol. The second-order valence-corrected chi connectivity index (χ2v) is 5.65. The van der Waals surface area contributed by atoms with Crippen molar-refractivity contribution < 1.29 is 15.0 Å². The Bertz CT molecular complexity index is 500. The Balaban J connectivity index is 1.80. The van der Waals surface area contributed by atoms with E-state index in [0.717, 1.165) is 17.0 Å². The summed E-state index contributed by atoms with van der Waals surface area (Å²) in [5.41, 5.74) is 0.912. The Morgan fingerprint density at radius 1 is 1.42 bits per heavy atom. The maximum Gasteiger partial charge on any atom is 0.307 e. The summed E-state index contributed by atoms with van der Waals surface area (Å²) >= 11 is 1.16. The van der Waals surface area contributed by atoms with Gasteiger partial charge >= 0.3 is 4.87 Å². The number of aromatic nitrogens is 1. The number of thiazole rings is 1. The van der Waals surface area contributed by atoms with Crippen LogP contribution in [0.3, 0.4) is 0 Å². The van der Waals surface area contributed by atoms with Crippen LogP contribution in [-0.4, -0.2) is 50.9 Å². The standard InChI is InChI=1S/C12H18N2O4S/c1-8-7-19-12(18)14(8)4-2-3-11(17)13-5-9(15)10(16)6-13/h7,9-10,15-16H,2-6H2,1H3/t9-,10+. The number of aliphatic hydroxyl groups is 2. The molecule has 1 aliphatic heterocycles. The summed E-state index contributed by atoms with van der Waals surface area (Å²) in [4.78, 5) is 24.8. The number of β-amino-alcohol motifs (C(OH)–C–C–N with tert-alkyl or cyclic N) is 2. The summed E-state index contributed by atoms with van der Waals surface area (Å²) in [6, 6.07) is 0. The molecule has 2 rings (SSSR count). The van der Waals surface area contributed by atoms with Crippen LogP contribution in [0.1, 0.15) is 18.5 Å². The first-order chi connectivity index (χ1) is 8.99. The lowest BCUT2D eigenvalue weighted by Crippen LogP contribution is -2.30. The predicted molar refractivity (Wildman–Crippen MR) is 71.1 cm³/mol. The highest BCUT2D eigenvalue weighted by atomic mass is 32.1. The Labute approximate surface area is 114 Å². The van der Waals surface area contributed by atoms with Crippen LogP contribution in [0.5, 0.6) is 0 Å². The van der Waals surface area contributed by atoms with E-state index in [1.54, 1.807) is 9.95 Å². The molecular formula is C12H18N2O4S. The summed E-state index contributed by atoms with van der Waals surface area (Å²) in [5.74, 6) is -0.0865. The smallest absolute Gasteiger partial charge is 0.307 e. The summed E-state index contributed by atoms with van der Waals surface area (Å²) < 4.78 is 1.66. The zero-order valence-corrected chi connectivity index (χ0v) is 11.6. The normalized spacial score (nSPS) is 23.0. The number of aliphatic hydroxyl groups excluding tert-OH is 2. The fraction of sp³-hybridized carbons (Fsp3) is 0.667. The van der Waals surface area contributed by atoms with E-state index in [2.05, 4.69) is 0 Å². The van der Waals surface area contributed by atoms with Gasteiger partial charge in [0.2, 0.25) is 5.91 Å². The molecule has 1 aliphatic rings. The van der Waals surface area contributed by atoms with E-state index in [-0.39, 0.29) is 23.9 Å². The van der Waals surface area contributed by atoms with Crippen molar-refractivity contribution in [2.75, 3.05) is 13.1 Å². The molecule has 2 N–H and O–H groups in total.